The molecule has 138 valence electrons. The van der Waals surface area contributed by atoms with Gasteiger partial charge in [0.05, 0.1) is 13.2 Å². The summed E-state index contributed by atoms with van der Waals surface area (Å²) in [5.74, 6) is 0.362. The van der Waals surface area contributed by atoms with Gasteiger partial charge in [-0.15, -0.1) is 0 Å². The topological polar surface area (TPSA) is 32.8 Å². The molecule has 3 rings (SSSR count). The fourth-order valence-corrected chi connectivity index (χ4v) is 4.17. The average Bonchev–Trinajstić information content (AvgIpc) is 3.06. The van der Waals surface area contributed by atoms with E-state index in [1.54, 1.807) is 6.07 Å². The predicted octanol–water partition coefficient (Wildman–Crippen LogP) is 2.57. The van der Waals surface area contributed by atoms with E-state index in [2.05, 4.69) is 11.8 Å². The first kappa shape index (κ1) is 18.3. The summed E-state index contributed by atoms with van der Waals surface area (Å²) in [6.45, 7) is 9.31. The number of hydrogen-bond acceptors (Lipinski definition) is 3. The van der Waals surface area contributed by atoms with Gasteiger partial charge >= 0.3 is 0 Å². The van der Waals surface area contributed by atoms with Gasteiger partial charge in [0.25, 0.3) is 0 Å². The van der Waals surface area contributed by atoms with Crippen LogP contribution in [-0.4, -0.2) is 61.1 Å². The Morgan fingerprint density at radius 3 is 2.76 bits per heavy atom. The van der Waals surface area contributed by atoms with Crippen LogP contribution in [0.3, 0.4) is 0 Å². The monoisotopic (exact) mass is 348 g/mol. The molecule has 1 aromatic rings. The maximum Gasteiger partial charge on any atom is 0.225 e. The van der Waals surface area contributed by atoms with E-state index in [1.807, 2.05) is 17.9 Å². The van der Waals surface area contributed by atoms with E-state index in [0.29, 0.717) is 18.4 Å². The SMILES string of the molecule is CC[C@@H]1CN(C(=O)[C@H](C)Cc2cccc(F)c2)C[C@H]1N1CCOCC1. The maximum absolute atomic E-state index is 13.4. The van der Waals surface area contributed by atoms with Gasteiger partial charge in [-0.25, -0.2) is 4.39 Å². The van der Waals surface area contributed by atoms with Crippen LogP contribution < -0.4 is 0 Å². The van der Waals surface area contributed by atoms with Crippen molar-refractivity contribution in [2.45, 2.75) is 32.7 Å². The zero-order chi connectivity index (χ0) is 17.8. The van der Waals surface area contributed by atoms with Gasteiger partial charge in [-0.2, -0.15) is 0 Å². The summed E-state index contributed by atoms with van der Waals surface area (Å²) in [6, 6.07) is 7.01. The normalized spacial score (nSPS) is 26.0. The minimum Gasteiger partial charge on any atom is -0.379 e. The smallest absolute Gasteiger partial charge is 0.225 e. The molecule has 3 atom stereocenters. The summed E-state index contributed by atoms with van der Waals surface area (Å²) in [4.78, 5) is 17.4. The van der Waals surface area contributed by atoms with E-state index in [0.717, 1.165) is 51.4 Å². The second kappa shape index (κ2) is 8.28. The summed E-state index contributed by atoms with van der Waals surface area (Å²) >= 11 is 0. The van der Waals surface area contributed by atoms with Gasteiger partial charge in [0, 0.05) is 38.1 Å². The van der Waals surface area contributed by atoms with Crippen LogP contribution in [-0.2, 0) is 16.0 Å². The molecule has 0 N–H and O–H groups in total. The molecule has 0 bridgehead atoms. The lowest BCUT2D eigenvalue weighted by atomic mass is 9.99. The Bertz CT molecular complexity index is 589. The molecule has 1 aromatic carbocycles. The second-order valence-electron chi connectivity index (χ2n) is 7.36. The van der Waals surface area contributed by atoms with E-state index in [9.17, 15) is 9.18 Å². The highest BCUT2D eigenvalue weighted by atomic mass is 19.1. The number of benzene rings is 1. The third kappa shape index (κ3) is 4.39. The van der Waals surface area contributed by atoms with E-state index in [4.69, 9.17) is 4.74 Å². The van der Waals surface area contributed by atoms with Gasteiger partial charge in [-0.1, -0.05) is 32.4 Å². The van der Waals surface area contributed by atoms with Gasteiger partial charge in [-0.05, 0) is 30.0 Å². The molecular weight excluding hydrogens is 319 g/mol. The van der Waals surface area contributed by atoms with Gasteiger partial charge in [0.2, 0.25) is 5.91 Å². The molecule has 2 saturated heterocycles. The van der Waals surface area contributed by atoms with Crippen molar-refractivity contribution in [3.8, 4) is 0 Å². The fraction of sp³-hybridized carbons (Fsp3) is 0.650. The van der Waals surface area contributed by atoms with Crippen LogP contribution in [0.15, 0.2) is 24.3 Å². The molecule has 2 heterocycles. The Kier molecular flexibility index (Phi) is 6.07. The third-order valence-electron chi connectivity index (χ3n) is 5.61. The number of morpholine rings is 1. The lowest BCUT2D eigenvalue weighted by Gasteiger charge is -2.34. The number of rotatable bonds is 5. The summed E-state index contributed by atoms with van der Waals surface area (Å²) in [6.07, 6.45) is 1.68. The maximum atomic E-state index is 13.4. The Hall–Kier alpha value is -1.46. The molecular formula is C20H29FN2O2. The minimum absolute atomic E-state index is 0.122. The van der Waals surface area contributed by atoms with Crippen LogP contribution in [0.4, 0.5) is 4.39 Å². The standard InChI is InChI=1S/C20H29FN2O2/c1-3-17-13-23(14-19(17)22-7-9-25-10-8-22)20(24)15(2)11-16-5-4-6-18(21)12-16/h4-6,12,15,17,19H,3,7-11,13-14H2,1-2H3/t15-,17-,19-/m1/s1. The van der Waals surface area contributed by atoms with Gasteiger partial charge in [0.15, 0.2) is 0 Å². The molecule has 0 radical (unpaired) electrons. The molecule has 2 aliphatic heterocycles. The van der Waals surface area contributed by atoms with E-state index in [-0.39, 0.29) is 17.6 Å². The van der Waals surface area contributed by atoms with Gasteiger partial charge < -0.3 is 9.64 Å². The largest absolute Gasteiger partial charge is 0.379 e. The Labute approximate surface area is 149 Å². The number of carbonyl (C=O) groups excluding carboxylic acids is 1. The summed E-state index contributed by atoms with van der Waals surface area (Å²) in [5.41, 5.74) is 0.886. The lowest BCUT2D eigenvalue weighted by molar-refractivity contribution is -0.134. The van der Waals surface area contributed by atoms with Crippen LogP contribution >= 0.6 is 0 Å². The molecule has 5 heteroatoms. The zero-order valence-corrected chi connectivity index (χ0v) is 15.3. The summed E-state index contributed by atoms with van der Waals surface area (Å²) in [5, 5.41) is 0. The quantitative estimate of drug-likeness (QED) is 0.820. The van der Waals surface area contributed by atoms with Crippen molar-refractivity contribution in [1.29, 1.82) is 0 Å². The Morgan fingerprint density at radius 2 is 2.08 bits per heavy atom. The average molecular weight is 348 g/mol. The van der Waals surface area contributed by atoms with E-state index >= 15 is 0 Å². The molecule has 0 saturated carbocycles. The number of ether oxygens (including phenoxy) is 1. The molecule has 0 spiro atoms. The van der Waals surface area contributed by atoms with Gasteiger partial charge in [-0.3, -0.25) is 9.69 Å². The molecule has 25 heavy (non-hydrogen) atoms. The van der Waals surface area contributed by atoms with Crippen LogP contribution in [0.5, 0.6) is 0 Å². The number of hydrogen-bond donors (Lipinski definition) is 0. The Balaban J connectivity index is 1.61. The molecule has 0 aromatic heterocycles. The van der Waals surface area contributed by atoms with Crippen molar-refractivity contribution >= 4 is 5.91 Å². The highest BCUT2D eigenvalue weighted by Gasteiger charge is 2.38. The van der Waals surface area contributed by atoms with Crippen molar-refractivity contribution < 1.29 is 13.9 Å². The summed E-state index contributed by atoms with van der Waals surface area (Å²) < 4.78 is 18.8. The number of carbonyl (C=O) groups is 1. The van der Waals surface area contributed by atoms with Crippen LogP contribution in [0.25, 0.3) is 0 Å². The summed E-state index contributed by atoms with van der Waals surface area (Å²) in [7, 11) is 0. The highest BCUT2D eigenvalue weighted by molar-refractivity contribution is 5.79. The fourth-order valence-electron chi connectivity index (χ4n) is 4.17. The Morgan fingerprint density at radius 1 is 1.32 bits per heavy atom. The van der Waals surface area contributed by atoms with E-state index in [1.165, 1.54) is 12.1 Å². The van der Waals surface area contributed by atoms with Crippen molar-refractivity contribution in [2.24, 2.45) is 11.8 Å². The number of amides is 1. The number of nitrogens with zero attached hydrogens (tertiary/aromatic N) is 2. The van der Waals surface area contributed by atoms with Crippen molar-refractivity contribution in [3.05, 3.63) is 35.6 Å². The molecule has 2 aliphatic rings. The molecule has 0 unspecified atom stereocenters. The molecule has 0 aliphatic carbocycles. The minimum atomic E-state index is -0.239. The first-order valence-corrected chi connectivity index (χ1v) is 9.43. The first-order chi connectivity index (χ1) is 12.1. The highest BCUT2D eigenvalue weighted by Crippen LogP contribution is 2.27. The molecule has 1 amide bonds. The van der Waals surface area contributed by atoms with Gasteiger partial charge in [0.1, 0.15) is 5.82 Å². The predicted molar refractivity (Wildman–Crippen MR) is 95.8 cm³/mol. The number of likely N-dealkylation sites (tertiary alicyclic amines) is 1. The van der Waals surface area contributed by atoms with Crippen molar-refractivity contribution in [3.63, 3.8) is 0 Å². The first-order valence-electron chi connectivity index (χ1n) is 9.43. The van der Waals surface area contributed by atoms with E-state index < -0.39 is 0 Å². The lowest BCUT2D eigenvalue weighted by Crippen LogP contribution is -2.47. The molecule has 2 fully saturated rings. The zero-order valence-electron chi connectivity index (χ0n) is 15.3. The van der Waals surface area contributed by atoms with Crippen molar-refractivity contribution in [2.75, 3.05) is 39.4 Å². The van der Waals surface area contributed by atoms with Crippen LogP contribution in [0.1, 0.15) is 25.8 Å². The van der Waals surface area contributed by atoms with Crippen molar-refractivity contribution in [1.82, 2.24) is 9.80 Å². The number of halogens is 1. The second-order valence-corrected chi connectivity index (χ2v) is 7.36. The van der Waals surface area contributed by atoms with Crippen LogP contribution in [0, 0.1) is 17.7 Å². The molecule has 4 nitrogen and oxygen atoms in total. The third-order valence-corrected chi connectivity index (χ3v) is 5.61. The van der Waals surface area contributed by atoms with Crippen LogP contribution in [0.2, 0.25) is 0 Å².